The lowest BCUT2D eigenvalue weighted by molar-refractivity contribution is -0.141. The molecule has 0 aliphatic rings. The highest BCUT2D eigenvalue weighted by Crippen LogP contribution is 1.76. The van der Waals surface area contributed by atoms with Gasteiger partial charge in [0.15, 0.2) is 0 Å². The first-order chi connectivity index (χ1) is 7.51. The summed E-state index contributed by atoms with van der Waals surface area (Å²) in [6.07, 6.45) is 0. The van der Waals surface area contributed by atoms with E-state index >= 15 is 0 Å². The van der Waals surface area contributed by atoms with Gasteiger partial charge in [0.1, 0.15) is 12.6 Å². The van der Waals surface area contributed by atoms with Gasteiger partial charge in [0.25, 0.3) is 0 Å². The molecule has 0 radical (unpaired) electrons. The lowest BCUT2D eigenvalue weighted by Crippen LogP contribution is -2.47. The molecule has 0 saturated carbocycles. The molecule has 0 aliphatic carbocycles. The van der Waals surface area contributed by atoms with Crippen molar-refractivity contribution in [1.29, 1.82) is 0 Å². The highest BCUT2D eigenvalue weighted by molar-refractivity contribution is 5.88. The molecule has 0 fully saturated rings. The predicted octanol–water partition coefficient (Wildman–Crippen LogP) is -3.29. The van der Waals surface area contributed by atoms with Crippen molar-refractivity contribution >= 4 is 17.8 Å². The van der Waals surface area contributed by atoms with Crippen LogP contribution >= 0.6 is 0 Å². The first-order valence-electron chi connectivity index (χ1n) is 4.49. The molecule has 1 atom stereocenters. The largest absolute Gasteiger partial charge is 0.468 e. The molecule has 0 bridgehead atoms. The fourth-order valence-electron chi connectivity index (χ4n) is 0.687. The third kappa shape index (κ3) is 5.94. The molecule has 0 aromatic heterocycles. The third-order valence-electron chi connectivity index (χ3n) is 1.61. The first-order valence-corrected chi connectivity index (χ1v) is 4.49. The van der Waals surface area contributed by atoms with E-state index in [0.29, 0.717) is 0 Å². The Morgan fingerprint density at radius 3 is 2.44 bits per heavy atom. The van der Waals surface area contributed by atoms with E-state index in [0.717, 1.165) is 0 Å². The van der Waals surface area contributed by atoms with E-state index in [-0.39, 0.29) is 13.1 Å². The van der Waals surface area contributed by atoms with Crippen molar-refractivity contribution in [3.05, 3.63) is 0 Å². The molecule has 16 heavy (non-hydrogen) atoms. The summed E-state index contributed by atoms with van der Waals surface area (Å²) in [5.74, 6) is -1.79. The Balaban J connectivity index is 3.73. The molecular formula is C8H15N3O5. The van der Waals surface area contributed by atoms with Crippen LogP contribution in [-0.2, 0) is 19.1 Å². The maximum absolute atomic E-state index is 11.0. The van der Waals surface area contributed by atoms with E-state index in [1.165, 1.54) is 7.11 Å². The van der Waals surface area contributed by atoms with E-state index in [1.807, 2.05) is 0 Å². The Bertz CT molecular complexity index is 268. The highest BCUT2D eigenvalue weighted by atomic mass is 16.5. The van der Waals surface area contributed by atoms with Crippen molar-refractivity contribution in [2.45, 2.75) is 6.04 Å². The summed E-state index contributed by atoms with van der Waals surface area (Å²) in [5, 5.41) is 12.9. The number of rotatable bonds is 6. The fraction of sp³-hybridized carbons (Fsp3) is 0.625. The van der Waals surface area contributed by atoms with Crippen molar-refractivity contribution in [3.63, 3.8) is 0 Å². The molecule has 0 heterocycles. The van der Waals surface area contributed by atoms with Gasteiger partial charge in [0.2, 0.25) is 11.8 Å². The minimum absolute atomic E-state index is 0.267. The summed E-state index contributed by atoms with van der Waals surface area (Å²) < 4.78 is 4.29. The van der Waals surface area contributed by atoms with Gasteiger partial charge in [-0.15, -0.1) is 0 Å². The SMILES string of the molecule is COC(=O)CNC(=O)CNC(=O)[C@@H](N)CO. The smallest absolute Gasteiger partial charge is 0.325 e. The molecule has 0 saturated heterocycles. The van der Waals surface area contributed by atoms with Gasteiger partial charge in [0, 0.05) is 0 Å². The Labute approximate surface area is 92.1 Å². The normalized spacial score (nSPS) is 11.4. The molecule has 5 N–H and O–H groups in total. The number of nitrogens with two attached hydrogens (primary N) is 1. The van der Waals surface area contributed by atoms with Crippen LogP contribution in [0.3, 0.4) is 0 Å². The lowest BCUT2D eigenvalue weighted by atomic mass is 10.3. The van der Waals surface area contributed by atoms with Gasteiger partial charge in [-0.05, 0) is 0 Å². The maximum Gasteiger partial charge on any atom is 0.325 e. The van der Waals surface area contributed by atoms with Gasteiger partial charge in [-0.1, -0.05) is 0 Å². The first kappa shape index (κ1) is 14.3. The summed E-state index contributed by atoms with van der Waals surface area (Å²) in [6, 6.07) is -1.06. The molecule has 0 aliphatic heterocycles. The summed E-state index contributed by atoms with van der Waals surface area (Å²) in [6.45, 7) is -1.09. The number of hydrogen-bond donors (Lipinski definition) is 4. The van der Waals surface area contributed by atoms with Crippen LogP contribution in [0.1, 0.15) is 0 Å². The molecule has 0 spiro atoms. The second kappa shape index (κ2) is 7.60. The summed E-state index contributed by atoms with van der Waals surface area (Å²) in [7, 11) is 1.19. The van der Waals surface area contributed by atoms with E-state index in [1.54, 1.807) is 0 Å². The number of nitrogens with one attached hydrogen (secondary N) is 2. The number of esters is 1. The van der Waals surface area contributed by atoms with Crippen molar-refractivity contribution in [2.24, 2.45) is 5.73 Å². The van der Waals surface area contributed by atoms with Crippen LogP contribution < -0.4 is 16.4 Å². The predicted molar refractivity (Wildman–Crippen MR) is 53.1 cm³/mol. The van der Waals surface area contributed by atoms with Gasteiger partial charge in [0.05, 0.1) is 20.3 Å². The number of amides is 2. The van der Waals surface area contributed by atoms with Crippen LogP contribution in [0.5, 0.6) is 0 Å². The Morgan fingerprint density at radius 1 is 1.31 bits per heavy atom. The minimum Gasteiger partial charge on any atom is -0.468 e. The molecule has 0 unspecified atom stereocenters. The van der Waals surface area contributed by atoms with Gasteiger partial charge >= 0.3 is 5.97 Å². The Kier molecular flexibility index (Phi) is 6.81. The zero-order valence-corrected chi connectivity index (χ0v) is 8.86. The molecule has 92 valence electrons. The molecule has 0 rings (SSSR count). The molecule has 0 aromatic rings. The van der Waals surface area contributed by atoms with Crippen LogP contribution in [-0.4, -0.2) is 55.7 Å². The van der Waals surface area contributed by atoms with Crippen LogP contribution in [0.25, 0.3) is 0 Å². The average Bonchev–Trinajstić information content (AvgIpc) is 2.31. The lowest BCUT2D eigenvalue weighted by Gasteiger charge is -2.09. The zero-order chi connectivity index (χ0) is 12.6. The molecule has 8 heteroatoms. The van der Waals surface area contributed by atoms with Crippen LogP contribution in [0.15, 0.2) is 0 Å². The molecular weight excluding hydrogens is 218 g/mol. The average molecular weight is 233 g/mol. The molecule has 0 aromatic carbocycles. The number of carbonyl (C=O) groups excluding carboxylic acids is 3. The van der Waals surface area contributed by atoms with Gasteiger partial charge in [-0.3, -0.25) is 14.4 Å². The van der Waals surface area contributed by atoms with Crippen molar-refractivity contribution in [2.75, 3.05) is 26.8 Å². The number of hydrogen-bond acceptors (Lipinski definition) is 6. The van der Waals surface area contributed by atoms with Crippen LogP contribution in [0, 0.1) is 0 Å². The molecule has 2 amide bonds. The van der Waals surface area contributed by atoms with Gasteiger partial charge < -0.3 is 26.2 Å². The quantitative estimate of drug-likeness (QED) is 0.356. The van der Waals surface area contributed by atoms with E-state index in [9.17, 15) is 14.4 Å². The summed E-state index contributed by atoms with van der Waals surface area (Å²) in [4.78, 5) is 32.7. The number of aliphatic hydroxyl groups is 1. The standard InChI is InChI=1S/C8H15N3O5/c1-16-7(14)3-10-6(13)2-11-8(15)5(9)4-12/h5,12H,2-4,9H2,1H3,(H,10,13)(H,11,15)/t5-/m0/s1. The summed E-state index contributed by atoms with van der Waals surface area (Å²) in [5.41, 5.74) is 5.18. The summed E-state index contributed by atoms with van der Waals surface area (Å²) >= 11 is 0. The monoisotopic (exact) mass is 233 g/mol. The zero-order valence-electron chi connectivity index (χ0n) is 8.86. The van der Waals surface area contributed by atoms with Gasteiger partial charge in [-0.25, -0.2) is 0 Å². The third-order valence-corrected chi connectivity index (χ3v) is 1.61. The van der Waals surface area contributed by atoms with Gasteiger partial charge in [-0.2, -0.15) is 0 Å². The van der Waals surface area contributed by atoms with E-state index in [4.69, 9.17) is 10.8 Å². The Morgan fingerprint density at radius 2 is 1.94 bits per heavy atom. The second-order valence-electron chi connectivity index (χ2n) is 2.86. The second-order valence-corrected chi connectivity index (χ2v) is 2.86. The highest BCUT2D eigenvalue weighted by Gasteiger charge is 2.13. The molecule has 8 nitrogen and oxygen atoms in total. The topological polar surface area (TPSA) is 131 Å². The van der Waals surface area contributed by atoms with Crippen molar-refractivity contribution in [3.8, 4) is 0 Å². The van der Waals surface area contributed by atoms with E-state index < -0.39 is 30.4 Å². The van der Waals surface area contributed by atoms with Crippen LogP contribution in [0.2, 0.25) is 0 Å². The number of methoxy groups -OCH3 is 1. The Hall–Kier alpha value is -1.67. The number of aliphatic hydroxyl groups excluding tert-OH is 1. The van der Waals surface area contributed by atoms with Crippen LogP contribution in [0.4, 0.5) is 0 Å². The number of ether oxygens (including phenoxy) is 1. The van der Waals surface area contributed by atoms with Crippen molar-refractivity contribution < 1.29 is 24.2 Å². The van der Waals surface area contributed by atoms with E-state index in [2.05, 4.69) is 15.4 Å². The maximum atomic E-state index is 11.0. The fourth-order valence-corrected chi connectivity index (χ4v) is 0.687. The number of carbonyl (C=O) groups is 3. The minimum atomic E-state index is -1.06. The van der Waals surface area contributed by atoms with Crippen molar-refractivity contribution in [1.82, 2.24) is 10.6 Å².